The van der Waals surface area contributed by atoms with Gasteiger partial charge in [-0.05, 0) is 30.2 Å². The lowest BCUT2D eigenvalue weighted by Gasteiger charge is -2.26. The van der Waals surface area contributed by atoms with Gasteiger partial charge in [0.15, 0.2) is 0 Å². The number of aryl methyl sites for hydroxylation is 1. The molecule has 1 fully saturated rings. The summed E-state index contributed by atoms with van der Waals surface area (Å²) >= 11 is 3.33. The molecule has 2 aromatic rings. The minimum Gasteiger partial charge on any atom is -0.435 e. The van der Waals surface area contributed by atoms with Gasteiger partial charge in [-0.2, -0.15) is 8.78 Å². The van der Waals surface area contributed by atoms with Gasteiger partial charge in [-0.15, -0.1) is 0 Å². The van der Waals surface area contributed by atoms with E-state index in [1.165, 1.54) is 6.07 Å². The highest BCUT2D eigenvalue weighted by molar-refractivity contribution is 9.10. The number of hydrogen-bond acceptors (Lipinski definition) is 6. The maximum absolute atomic E-state index is 12.7. The Balaban J connectivity index is 1.38. The van der Waals surface area contributed by atoms with Gasteiger partial charge < -0.3 is 19.3 Å². The fraction of sp³-hybridized carbons (Fsp3) is 0.450. The van der Waals surface area contributed by atoms with Gasteiger partial charge in [0, 0.05) is 42.3 Å². The van der Waals surface area contributed by atoms with Crippen LogP contribution in [0.3, 0.4) is 0 Å². The molecule has 160 valence electrons. The van der Waals surface area contributed by atoms with Gasteiger partial charge in [-0.3, -0.25) is 4.79 Å². The van der Waals surface area contributed by atoms with Crippen LogP contribution in [0.25, 0.3) is 0 Å². The Hall–Kier alpha value is -2.33. The van der Waals surface area contributed by atoms with Crippen LogP contribution in [0.5, 0.6) is 5.75 Å². The Kier molecular flexibility index (Phi) is 6.43. The van der Waals surface area contributed by atoms with Crippen molar-refractivity contribution in [2.75, 3.05) is 31.2 Å². The summed E-state index contributed by atoms with van der Waals surface area (Å²) in [5.41, 5.74) is 2.35. The molecule has 1 saturated heterocycles. The number of morpholine rings is 1. The van der Waals surface area contributed by atoms with E-state index < -0.39 is 6.61 Å². The van der Waals surface area contributed by atoms with Crippen LogP contribution in [0, 0.1) is 0 Å². The van der Waals surface area contributed by atoms with Crippen LogP contribution in [0.1, 0.15) is 23.2 Å². The molecule has 0 unspecified atom stereocenters. The third kappa shape index (κ3) is 4.86. The van der Waals surface area contributed by atoms with Gasteiger partial charge in [0.2, 0.25) is 11.9 Å². The summed E-state index contributed by atoms with van der Waals surface area (Å²) in [6.07, 6.45) is 2.27. The fourth-order valence-corrected chi connectivity index (χ4v) is 4.00. The van der Waals surface area contributed by atoms with Crippen molar-refractivity contribution in [1.82, 2.24) is 14.9 Å². The van der Waals surface area contributed by atoms with Crippen molar-refractivity contribution in [3.63, 3.8) is 0 Å². The number of halogens is 3. The van der Waals surface area contributed by atoms with E-state index >= 15 is 0 Å². The number of carbonyl (C=O) groups excluding carboxylic acids is 1. The van der Waals surface area contributed by atoms with E-state index in [9.17, 15) is 13.6 Å². The van der Waals surface area contributed by atoms with Gasteiger partial charge >= 0.3 is 6.61 Å². The second-order valence-electron chi connectivity index (χ2n) is 7.12. The van der Waals surface area contributed by atoms with E-state index in [4.69, 9.17) is 4.74 Å². The first-order valence-electron chi connectivity index (χ1n) is 9.68. The number of hydrogen-bond donors (Lipinski definition) is 0. The molecular formula is C20H21BrF2N4O3. The zero-order valence-electron chi connectivity index (χ0n) is 16.2. The van der Waals surface area contributed by atoms with Crippen molar-refractivity contribution in [3.8, 4) is 5.75 Å². The summed E-state index contributed by atoms with van der Waals surface area (Å²) in [5, 5.41) is 0. The maximum Gasteiger partial charge on any atom is 0.387 e. The molecule has 0 bridgehead atoms. The Labute approximate surface area is 181 Å². The summed E-state index contributed by atoms with van der Waals surface area (Å²) in [6, 6.07) is 4.80. The average Bonchev–Trinajstić information content (AvgIpc) is 3.17. The van der Waals surface area contributed by atoms with Crippen molar-refractivity contribution in [2.45, 2.75) is 32.5 Å². The molecule has 0 N–H and O–H groups in total. The first-order chi connectivity index (χ1) is 14.5. The second-order valence-corrected chi connectivity index (χ2v) is 8.04. The number of amides is 1. The first kappa shape index (κ1) is 20.9. The van der Waals surface area contributed by atoms with E-state index in [2.05, 4.69) is 35.5 Å². The van der Waals surface area contributed by atoms with Crippen LogP contribution in [-0.2, 0) is 29.0 Å². The zero-order chi connectivity index (χ0) is 21.1. The molecule has 1 amide bonds. The smallest absolute Gasteiger partial charge is 0.387 e. The minimum atomic E-state index is -2.91. The number of anilines is 1. The van der Waals surface area contributed by atoms with Crippen LogP contribution in [-0.4, -0.2) is 53.7 Å². The van der Waals surface area contributed by atoms with Crippen molar-refractivity contribution >= 4 is 27.8 Å². The summed E-state index contributed by atoms with van der Waals surface area (Å²) in [7, 11) is 0. The molecule has 3 heterocycles. The van der Waals surface area contributed by atoms with Gasteiger partial charge in [0.05, 0.1) is 25.5 Å². The number of carbonyl (C=O) groups is 1. The van der Waals surface area contributed by atoms with Crippen LogP contribution >= 0.6 is 15.9 Å². The Morgan fingerprint density at radius 1 is 1.27 bits per heavy atom. The Morgan fingerprint density at radius 3 is 2.83 bits per heavy atom. The lowest BCUT2D eigenvalue weighted by Crippen LogP contribution is -2.37. The van der Waals surface area contributed by atoms with E-state index in [0.29, 0.717) is 44.2 Å². The molecule has 0 saturated carbocycles. The standard InChI is InChI=1S/C20H21BrF2N4O3/c21-15-2-3-17(30-19(22)23)13(9-15)1-4-18(28)27-11-14-10-24-20(25-16(14)12-27)26-5-7-29-8-6-26/h2-3,9-10,19H,1,4-8,11-12H2. The highest BCUT2D eigenvalue weighted by Crippen LogP contribution is 2.28. The zero-order valence-corrected chi connectivity index (χ0v) is 17.8. The molecule has 1 aromatic carbocycles. The van der Waals surface area contributed by atoms with Gasteiger partial charge in [-0.25, -0.2) is 9.97 Å². The van der Waals surface area contributed by atoms with Gasteiger partial charge in [0.1, 0.15) is 5.75 Å². The molecule has 2 aliphatic rings. The second kappa shape index (κ2) is 9.22. The van der Waals surface area contributed by atoms with Crippen LogP contribution in [0.2, 0.25) is 0 Å². The summed E-state index contributed by atoms with van der Waals surface area (Å²) in [6.45, 7) is 0.765. The maximum atomic E-state index is 12.7. The number of rotatable bonds is 6. The van der Waals surface area contributed by atoms with Crippen molar-refractivity contribution < 1.29 is 23.0 Å². The van der Waals surface area contributed by atoms with E-state index in [1.807, 2.05) is 0 Å². The molecule has 0 spiro atoms. The molecular weight excluding hydrogens is 462 g/mol. The molecule has 0 radical (unpaired) electrons. The van der Waals surface area contributed by atoms with E-state index in [0.717, 1.165) is 28.8 Å². The molecule has 7 nitrogen and oxygen atoms in total. The number of alkyl halides is 2. The van der Waals surface area contributed by atoms with Crippen LogP contribution in [0.15, 0.2) is 28.9 Å². The topological polar surface area (TPSA) is 67.8 Å². The highest BCUT2D eigenvalue weighted by Gasteiger charge is 2.26. The normalized spacial score (nSPS) is 16.1. The number of fused-ring (bicyclic) bond motifs is 1. The summed E-state index contributed by atoms with van der Waals surface area (Å²) < 4.78 is 35.9. The molecule has 2 aliphatic heterocycles. The van der Waals surface area contributed by atoms with Crippen molar-refractivity contribution in [3.05, 3.63) is 45.7 Å². The minimum absolute atomic E-state index is 0.0658. The number of nitrogens with zero attached hydrogens (tertiary/aromatic N) is 4. The molecule has 1 aromatic heterocycles. The predicted molar refractivity (Wildman–Crippen MR) is 108 cm³/mol. The number of ether oxygens (including phenoxy) is 2. The Bertz CT molecular complexity index is 925. The lowest BCUT2D eigenvalue weighted by molar-refractivity contribution is -0.131. The third-order valence-electron chi connectivity index (χ3n) is 5.14. The number of benzene rings is 1. The van der Waals surface area contributed by atoms with E-state index in [1.54, 1.807) is 23.2 Å². The van der Waals surface area contributed by atoms with E-state index in [-0.39, 0.29) is 18.1 Å². The average molecular weight is 483 g/mol. The summed E-state index contributed by atoms with van der Waals surface area (Å²) in [4.78, 5) is 25.6. The molecule has 0 aliphatic carbocycles. The van der Waals surface area contributed by atoms with Gasteiger partial charge in [-0.1, -0.05) is 15.9 Å². The fourth-order valence-electron chi connectivity index (χ4n) is 3.59. The SMILES string of the molecule is O=C(CCc1cc(Br)ccc1OC(F)F)N1Cc2cnc(N3CCOCC3)nc2C1. The largest absolute Gasteiger partial charge is 0.435 e. The molecule has 10 heteroatoms. The third-order valence-corrected chi connectivity index (χ3v) is 5.63. The quantitative estimate of drug-likeness (QED) is 0.629. The van der Waals surface area contributed by atoms with Gasteiger partial charge in [0.25, 0.3) is 0 Å². The van der Waals surface area contributed by atoms with Crippen LogP contribution < -0.4 is 9.64 Å². The summed E-state index contributed by atoms with van der Waals surface area (Å²) in [5.74, 6) is 0.685. The highest BCUT2D eigenvalue weighted by atomic mass is 79.9. The Morgan fingerprint density at radius 2 is 2.07 bits per heavy atom. The predicted octanol–water partition coefficient (Wildman–Crippen LogP) is 3.15. The molecule has 30 heavy (non-hydrogen) atoms. The lowest BCUT2D eigenvalue weighted by atomic mass is 10.1. The van der Waals surface area contributed by atoms with Crippen LogP contribution in [0.4, 0.5) is 14.7 Å². The molecule has 0 atom stereocenters. The number of aromatic nitrogens is 2. The molecule has 4 rings (SSSR count). The van der Waals surface area contributed by atoms with Crippen molar-refractivity contribution in [2.24, 2.45) is 0 Å². The monoisotopic (exact) mass is 482 g/mol. The van der Waals surface area contributed by atoms with Crippen molar-refractivity contribution in [1.29, 1.82) is 0 Å². The first-order valence-corrected chi connectivity index (χ1v) is 10.5.